The van der Waals surface area contributed by atoms with E-state index in [9.17, 15) is 13.5 Å². The quantitative estimate of drug-likeness (QED) is 0.893. The van der Waals surface area contributed by atoms with Crippen LogP contribution in [0.5, 0.6) is 5.75 Å². The van der Waals surface area contributed by atoms with E-state index in [1.54, 1.807) is 19.1 Å². The molecule has 1 aliphatic rings. The summed E-state index contributed by atoms with van der Waals surface area (Å²) in [4.78, 5) is 0. The van der Waals surface area contributed by atoms with E-state index in [0.717, 1.165) is 12.8 Å². The lowest BCUT2D eigenvalue weighted by atomic mass is 10.0. The Kier molecular flexibility index (Phi) is 4.01. The van der Waals surface area contributed by atoms with Gasteiger partial charge in [0.05, 0.1) is 5.69 Å². The van der Waals surface area contributed by atoms with E-state index in [4.69, 9.17) is 0 Å². The van der Waals surface area contributed by atoms with Gasteiger partial charge in [-0.3, -0.25) is 4.72 Å². The lowest BCUT2D eigenvalue weighted by molar-refractivity contribution is 0.289. The number of aromatic hydroxyl groups is 1. The van der Waals surface area contributed by atoms with Crippen LogP contribution in [0.15, 0.2) is 18.2 Å². The third-order valence-electron chi connectivity index (χ3n) is 3.63. The van der Waals surface area contributed by atoms with Crippen molar-refractivity contribution in [2.45, 2.75) is 26.7 Å². The molecule has 0 saturated carbocycles. The fraction of sp³-hybridized carbons (Fsp3) is 0.538. The Morgan fingerprint density at radius 3 is 2.58 bits per heavy atom. The molecule has 0 radical (unpaired) electrons. The standard InChI is InChI=1S/C13H20N2O3S/c1-10-6-8-15(9-7-10)19(17,18)14-12-4-3-5-13(16)11(12)2/h3-5,10,14,16H,6-9H2,1-2H3. The molecule has 1 aromatic rings. The van der Waals surface area contributed by atoms with E-state index in [1.165, 1.54) is 10.4 Å². The fourth-order valence-corrected chi connectivity index (χ4v) is 3.48. The largest absolute Gasteiger partial charge is 0.508 e. The summed E-state index contributed by atoms with van der Waals surface area (Å²) in [6.07, 6.45) is 1.78. The normalized spacial score (nSPS) is 18.4. The molecule has 1 aromatic carbocycles. The SMILES string of the molecule is Cc1c(O)cccc1NS(=O)(=O)N1CCC(C)CC1. The Morgan fingerprint density at radius 1 is 1.32 bits per heavy atom. The van der Waals surface area contributed by atoms with Crippen LogP contribution in [0.3, 0.4) is 0 Å². The number of anilines is 1. The maximum atomic E-state index is 12.3. The van der Waals surface area contributed by atoms with Gasteiger partial charge in [-0.25, -0.2) is 0 Å². The van der Waals surface area contributed by atoms with Crippen molar-refractivity contribution in [2.75, 3.05) is 17.8 Å². The van der Waals surface area contributed by atoms with Gasteiger partial charge in [-0.15, -0.1) is 0 Å². The molecule has 0 aromatic heterocycles. The molecule has 1 fully saturated rings. The molecular weight excluding hydrogens is 264 g/mol. The Hall–Kier alpha value is -1.27. The first-order chi connectivity index (χ1) is 8.90. The van der Waals surface area contributed by atoms with E-state index < -0.39 is 10.2 Å². The van der Waals surface area contributed by atoms with E-state index >= 15 is 0 Å². The van der Waals surface area contributed by atoms with Crippen LogP contribution in [0, 0.1) is 12.8 Å². The molecule has 106 valence electrons. The topological polar surface area (TPSA) is 69.6 Å². The van der Waals surface area contributed by atoms with Gasteiger partial charge in [0.15, 0.2) is 0 Å². The molecule has 1 saturated heterocycles. The van der Waals surface area contributed by atoms with Gasteiger partial charge in [-0.05, 0) is 37.8 Å². The second-order valence-corrected chi connectivity index (χ2v) is 6.81. The molecule has 6 heteroatoms. The van der Waals surface area contributed by atoms with E-state index in [0.29, 0.717) is 30.3 Å². The summed E-state index contributed by atoms with van der Waals surface area (Å²) >= 11 is 0. The summed E-state index contributed by atoms with van der Waals surface area (Å²) in [5.74, 6) is 0.668. The molecule has 0 bridgehead atoms. The van der Waals surface area contributed by atoms with Gasteiger partial charge in [0.25, 0.3) is 0 Å². The van der Waals surface area contributed by atoms with Gasteiger partial charge < -0.3 is 5.11 Å². The van der Waals surface area contributed by atoms with Crippen molar-refractivity contribution in [1.82, 2.24) is 4.31 Å². The summed E-state index contributed by atoms with van der Waals surface area (Å²) in [6.45, 7) is 4.92. The van der Waals surface area contributed by atoms with Gasteiger partial charge in [0.1, 0.15) is 5.75 Å². The predicted molar refractivity (Wildman–Crippen MR) is 75.4 cm³/mol. The predicted octanol–water partition coefficient (Wildman–Crippen LogP) is 2.09. The first-order valence-corrected chi connectivity index (χ1v) is 7.90. The smallest absolute Gasteiger partial charge is 0.301 e. The zero-order valence-electron chi connectivity index (χ0n) is 11.3. The maximum absolute atomic E-state index is 12.3. The second-order valence-electron chi connectivity index (χ2n) is 5.14. The van der Waals surface area contributed by atoms with Crippen molar-refractivity contribution >= 4 is 15.9 Å². The number of rotatable bonds is 3. The highest BCUT2D eigenvalue weighted by Crippen LogP contribution is 2.26. The van der Waals surface area contributed by atoms with Crippen LogP contribution in [-0.2, 0) is 10.2 Å². The Balaban J connectivity index is 2.15. The van der Waals surface area contributed by atoms with Crippen molar-refractivity contribution in [3.05, 3.63) is 23.8 Å². The number of hydrogen-bond donors (Lipinski definition) is 2. The summed E-state index contributed by atoms with van der Waals surface area (Å²) in [5, 5.41) is 9.59. The summed E-state index contributed by atoms with van der Waals surface area (Å²) in [6, 6.07) is 4.81. The van der Waals surface area contributed by atoms with Gasteiger partial charge in [0.2, 0.25) is 0 Å². The first kappa shape index (κ1) is 14.1. The number of piperidine rings is 1. The van der Waals surface area contributed by atoms with Gasteiger partial charge in [-0.2, -0.15) is 12.7 Å². The Bertz CT molecular complexity index is 549. The highest BCUT2D eigenvalue weighted by atomic mass is 32.2. The van der Waals surface area contributed by atoms with Crippen molar-refractivity contribution in [3.8, 4) is 5.75 Å². The Morgan fingerprint density at radius 2 is 1.95 bits per heavy atom. The van der Waals surface area contributed by atoms with Crippen LogP contribution < -0.4 is 4.72 Å². The molecule has 2 N–H and O–H groups in total. The average molecular weight is 284 g/mol. The minimum Gasteiger partial charge on any atom is -0.508 e. The minimum absolute atomic E-state index is 0.0902. The molecule has 0 spiro atoms. The summed E-state index contributed by atoms with van der Waals surface area (Å²) < 4.78 is 28.5. The van der Waals surface area contributed by atoms with Crippen LogP contribution in [0.1, 0.15) is 25.3 Å². The molecule has 19 heavy (non-hydrogen) atoms. The number of hydrogen-bond acceptors (Lipinski definition) is 3. The summed E-state index contributed by atoms with van der Waals surface area (Å²) in [5.41, 5.74) is 0.968. The molecule has 1 aliphatic heterocycles. The minimum atomic E-state index is -3.53. The summed E-state index contributed by atoms with van der Waals surface area (Å²) in [7, 11) is -3.53. The van der Waals surface area contributed by atoms with Crippen LogP contribution in [0.2, 0.25) is 0 Å². The van der Waals surface area contributed by atoms with Crippen molar-refractivity contribution in [3.63, 3.8) is 0 Å². The third kappa shape index (κ3) is 3.19. The average Bonchev–Trinajstić information content (AvgIpc) is 2.35. The van der Waals surface area contributed by atoms with Crippen LogP contribution in [0.25, 0.3) is 0 Å². The van der Waals surface area contributed by atoms with E-state index in [-0.39, 0.29) is 5.75 Å². The monoisotopic (exact) mass is 284 g/mol. The number of nitrogens with zero attached hydrogens (tertiary/aromatic N) is 1. The third-order valence-corrected chi connectivity index (χ3v) is 5.15. The lowest BCUT2D eigenvalue weighted by Gasteiger charge is -2.29. The highest BCUT2D eigenvalue weighted by Gasteiger charge is 2.26. The molecule has 5 nitrogen and oxygen atoms in total. The van der Waals surface area contributed by atoms with E-state index in [1.807, 2.05) is 0 Å². The van der Waals surface area contributed by atoms with Gasteiger partial charge in [0, 0.05) is 18.7 Å². The van der Waals surface area contributed by atoms with Crippen molar-refractivity contribution in [2.24, 2.45) is 5.92 Å². The number of nitrogens with one attached hydrogen (secondary N) is 1. The lowest BCUT2D eigenvalue weighted by Crippen LogP contribution is -2.41. The van der Waals surface area contributed by atoms with Crippen molar-refractivity contribution in [1.29, 1.82) is 0 Å². The molecule has 0 unspecified atom stereocenters. The van der Waals surface area contributed by atoms with Gasteiger partial charge in [-0.1, -0.05) is 13.0 Å². The number of benzene rings is 1. The van der Waals surface area contributed by atoms with Gasteiger partial charge >= 0.3 is 10.2 Å². The number of phenolic OH excluding ortho intramolecular Hbond substituents is 1. The zero-order chi connectivity index (χ0) is 14.0. The van der Waals surface area contributed by atoms with Crippen molar-refractivity contribution < 1.29 is 13.5 Å². The van der Waals surface area contributed by atoms with Crippen LogP contribution in [0.4, 0.5) is 5.69 Å². The molecule has 2 rings (SSSR count). The maximum Gasteiger partial charge on any atom is 0.301 e. The molecule has 0 amide bonds. The first-order valence-electron chi connectivity index (χ1n) is 6.46. The number of phenols is 1. The molecule has 1 heterocycles. The molecule has 0 aliphatic carbocycles. The van der Waals surface area contributed by atoms with Crippen LogP contribution >= 0.6 is 0 Å². The fourth-order valence-electron chi connectivity index (χ4n) is 2.16. The Labute approximate surface area is 114 Å². The molecule has 0 atom stereocenters. The molecular formula is C13H20N2O3S. The van der Waals surface area contributed by atoms with Crippen LogP contribution in [-0.4, -0.2) is 30.9 Å². The second kappa shape index (κ2) is 5.38. The van der Waals surface area contributed by atoms with E-state index in [2.05, 4.69) is 11.6 Å². The zero-order valence-corrected chi connectivity index (χ0v) is 12.1. The highest BCUT2D eigenvalue weighted by molar-refractivity contribution is 7.90.